The van der Waals surface area contributed by atoms with Crippen molar-refractivity contribution in [3.63, 3.8) is 0 Å². The van der Waals surface area contributed by atoms with E-state index in [2.05, 4.69) is 5.92 Å². The van der Waals surface area contributed by atoms with Crippen LogP contribution in [0.1, 0.15) is 33.1 Å². The van der Waals surface area contributed by atoms with Crippen LogP contribution in [0.5, 0.6) is 0 Å². The molecular weight excluding hydrogens is 203 g/mol. The molecule has 0 spiro atoms. The first-order valence-electron chi connectivity index (χ1n) is 4.60. The zero-order chi connectivity index (χ0) is 11.9. The smallest absolute Gasteiger partial charge is 0.193 e. The van der Waals surface area contributed by atoms with Gasteiger partial charge in [0.15, 0.2) is 0 Å². The minimum absolute atomic E-state index is 0.383. The Kier molecular flexibility index (Phi) is 5.56. The Labute approximate surface area is 87.6 Å². The second-order valence-electron chi connectivity index (χ2n) is 3.01. The molecule has 0 aliphatic carbocycles. The van der Waals surface area contributed by atoms with E-state index in [1.54, 1.807) is 0 Å². The summed E-state index contributed by atoms with van der Waals surface area (Å²) in [6.45, 7) is 3.06. The highest BCUT2D eigenvalue weighted by Gasteiger charge is 2.34. The molecule has 0 rings (SSSR count). The molecule has 0 aromatic carbocycles. The number of hydrogen-bond acceptors (Lipinski definition) is 1. The summed E-state index contributed by atoms with van der Waals surface area (Å²) in [4.78, 5) is 0. The second-order valence-corrected chi connectivity index (χ2v) is 3.01. The summed E-state index contributed by atoms with van der Waals surface area (Å²) < 4.78 is 37.1. The Balaban J connectivity index is 4.84. The number of nitriles is 1. The van der Waals surface area contributed by atoms with E-state index in [-0.39, 0.29) is 5.57 Å². The van der Waals surface area contributed by atoms with Gasteiger partial charge in [-0.2, -0.15) is 18.4 Å². The summed E-state index contributed by atoms with van der Waals surface area (Å²) in [5, 5.41) is 8.40. The fourth-order valence-electron chi connectivity index (χ4n) is 0.849. The van der Waals surface area contributed by atoms with Gasteiger partial charge in [0, 0.05) is 12.0 Å². The van der Waals surface area contributed by atoms with Crippen molar-refractivity contribution in [3.8, 4) is 17.9 Å². The van der Waals surface area contributed by atoms with Gasteiger partial charge in [-0.15, -0.1) is 0 Å². The molecular formula is C11H12F3N. The molecule has 0 radical (unpaired) electrons. The zero-order valence-corrected chi connectivity index (χ0v) is 8.70. The van der Waals surface area contributed by atoms with Gasteiger partial charge in [0.2, 0.25) is 0 Å². The highest BCUT2D eigenvalue weighted by Crippen LogP contribution is 2.27. The van der Waals surface area contributed by atoms with Gasteiger partial charge >= 0.3 is 6.18 Å². The van der Waals surface area contributed by atoms with Gasteiger partial charge < -0.3 is 0 Å². The summed E-state index contributed by atoms with van der Waals surface area (Å²) in [5.74, 6) is 4.46. The molecule has 0 amide bonds. The number of nitrogens with zero attached hydrogens (tertiary/aromatic N) is 1. The molecule has 0 aliphatic rings. The minimum atomic E-state index is -4.53. The maximum atomic E-state index is 12.4. The van der Waals surface area contributed by atoms with Crippen LogP contribution in [0.2, 0.25) is 0 Å². The molecule has 0 bridgehead atoms. The molecule has 4 heteroatoms. The normalized spacial score (nSPS) is 12.3. The number of rotatable bonds is 2. The van der Waals surface area contributed by atoms with Crippen molar-refractivity contribution >= 4 is 0 Å². The molecule has 0 unspecified atom stereocenters. The highest BCUT2D eigenvalue weighted by atomic mass is 19.4. The summed E-state index contributed by atoms with van der Waals surface area (Å²) in [7, 11) is 0. The molecule has 82 valence electrons. The van der Waals surface area contributed by atoms with Crippen LogP contribution in [-0.2, 0) is 0 Å². The minimum Gasteiger partial charge on any atom is -0.193 e. The lowest BCUT2D eigenvalue weighted by atomic mass is 10.1. The molecule has 0 aliphatic heterocycles. The lowest BCUT2D eigenvalue weighted by molar-refractivity contribution is -0.0877. The molecule has 1 nitrogen and oxygen atoms in total. The molecule has 0 fully saturated rings. The van der Waals surface area contributed by atoms with Crippen LogP contribution in [0.3, 0.4) is 0 Å². The van der Waals surface area contributed by atoms with Crippen LogP contribution in [0.15, 0.2) is 11.1 Å². The van der Waals surface area contributed by atoms with E-state index in [4.69, 9.17) is 5.26 Å². The number of allylic oxidation sites excluding steroid dienone is 2. The van der Waals surface area contributed by atoms with Gasteiger partial charge in [0.1, 0.15) is 5.57 Å². The molecule has 0 aromatic heterocycles. The fourth-order valence-corrected chi connectivity index (χ4v) is 0.849. The van der Waals surface area contributed by atoms with E-state index in [0.717, 1.165) is 19.8 Å². The van der Waals surface area contributed by atoms with Gasteiger partial charge in [0.05, 0.1) is 6.07 Å². The van der Waals surface area contributed by atoms with Gasteiger partial charge in [-0.05, 0) is 13.3 Å². The molecule has 15 heavy (non-hydrogen) atoms. The summed E-state index contributed by atoms with van der Waals surface area (Å²) >= 11 is 0. The Bertz CT molecular complexity index is 334. The van der Waals surface area contributed by atoms with Crippen LogP contribution in [0.4, 0.5) is 13.2 Å². The predicted octanol–water partition coefficient (Wildman–Crippen LogP) is 3.58. The third-order valence-electron chi connectivity index (χ3n) is 1.69. The molecule has 0 saturated carbocycles. The number of halogens is 3. The maximum Gasteiger partial charge on any atom is 0.425 e. The first-order chi connectivity index (χ1) is 6.93. The quantitative estimate of drug-likeness (QED) is 0.392. The van der Waals surface area contributed by atoms with Crippen molar-refractivity contribution in [1.29, 1.82) is 5.26 Å². The summed E-state index contributed by atoms with van der Waals surface area (Å²) in [6.07, 6.45) is -2.45. The monoisotopic (exact) mass is 215 g/mol. The Morgan fingerprint density at radius 2 is 1.93 bits per heavy atom. The Hall–Kier alpha value is -1.42. The maximum absolute atomic E-state index is 12.4. The SMILES string of the molecule is CCCCC#CC(=C(C)C#N)C(F)(F)F. The Morgan fingerprint density at radius 1 is 1.33 bits per heavy atom. The average molecular weight is 215 g/mol. The summed E-state index contributed by atoms with van der Waals surface area (Å²) in [5.41, 5.74) is -1.41. The first kappa shape index (κ1) is 13.6. The number of unbranched alkanes of at least 4 members (excludes halogenated alkanes) is 2. The number of hydrogen-bond donors (Lipinski definition) is 0. The van der Waals surface area contributed by atoms with Crippen LogP contribution >= 0.6 is 0 Å². The van der Waals surface area contributed by atoms with Gasteiger partial charge in [-0.1, -0.05) is 25.2 Å². The van der Waals surface area contributed by atoms with Crippen molar-refractivity contribution in [3.05, 3.63) is 11.1 Å². The third kappa shape index (κ3) is 5.12. The molecule has 0 atom stereocenters. The van der Waals surface area contributed by atoms with Crippen molar-refractivity contribution in [1.82, 2.24) is 0 Å². The van der Waals surface area contributed by atoms with E-state index < -0.39 is 11.7 Å². The standard InChI is InChI=1S/C11H12F3N/c1-3-4-5-6-7-10(9(2)8-15)11(12,13)14/h3-5H2,1-2H3. The van der Waals surface area contributed by atoms with Crippen LogP contribution < -0.4 is 0 Å². The summed E-state index contributed by atoms with van der Waals surface area (Å²) in [6, 6.07) is 1.47. The lowest BCUT2D eigenvalue weighted by Gasteiger charge is -2.05. The van der Waals surface area contributed by atoms with Gasteiger partial charge in [-0.25, -0.2) is 0 Å². The van der Waals surface area contributed by atoms with E-state index in [1.807, 2.05) is 12.8 Å². The highest BCUT2D eigenvalue weighted by molar-refractivity contribution is 5.42. The fraction of sp³-hybridized carbons (Fsp3) is 0.545. The third-order valence-corrected chi connectivity index (χ3v) is 1.69. The first-order valence-corrected chi connectivity index (χ1v) is 4.60. The molecule has 0 heterocycles. The lowest BCUT2D eigenvalue weighted by Crippen LogP contribution is -2.12. The van der Waals surface area contributed by atoms with Crippen LogP contribution in [-0.4, -0.2) is 6.18 Å². The van der Waals surface area contributed by atoms with E-state index in [0.29, 0.717) is 6.42 Å². The predicted molar refractivity (Wildman–Crippen MR) is 51.7 cm³/mol. The average Bonchev–Trinajstić information content (AvgIpc) is 2.15. The van der Waals surface area contributed by atoms with E-state index in [1.165, 1.54) is 6.07 Å². The largest absolute Gasteiger partial charge is 0.425 e. The molecule has 0 saturated heterocycles. The van der Waals surface area contributed by atoms with Crippen molar-refractivity contribution in [2.75, 3.05) is 0 Å². The van der Waals surface area contributed by atoms with Gasteiger partial charge in [0.25, 0.3) is 0 Å². The molecule has 0 N–H and O–H groups in total. The van der Waals surface area contributed by atoms with Crippen LogP contribution in [0.25, 0.3) is 0 Å². The van der Waals surface area contributed by atoms with Crippen molar-refractivity contribution < 1.29 is 13.2 Å². The van der Waals surface area contributed by atoms with Crippen LogP contribution in [0, 0.1) is 23.2 Å². The van der Waals surface area contributed by atoms with Gasteiger partial charge in [-0.3, -0.25) is 0 Å². The molecule has 0 aromatic rings. The topological polar surface area (TPSA) is 23.8 Å². The number of alkyl halides is 3. The zero-order valence-electron chi connectivity index (χ0n) is 8.70. The Morgan fingerprint density at radius 3 is 2.33 bits per heavy atom. The van der Waals surface area contributed by atoms with Crippen molar-refractivity contribution in [2.45, 2.75) is 39.3 Å². The van der Waals surface area contributed by atoms with Crippen molar-refractivity contribution in [2.24, 2.45) is 0 Å². The van der Waals surface area contributed by atoms with E-state index in [9.17, 15) is 13.2 Å². The second kappa shape index (κ2) is 6.14. The van der Waals surface area contributed by atoms with E-state index >= 15 is 0 Å².